The van der Waals surface area contributed by atoms with E-state index in [4.69, 9.17) is 33.2 Å². The monoisotopic (exact) mass is 740 g/mol. The van der Waals surface area contributed by atoms with Crippen molar-refractivity contribution in [1.82, 2.24) is 0 Å². The van der Waals surface area contributed by atoms with Gasteiger partial charge in [-0.3, -0.25) is 0 Å². The fourth-order valence-corrected chi connectivity index (χ4v) is 5.89. The Morgan fingerprint density at radius 3 is 1.40 bits per heavy atom. The maximum atomic E-state index is 12.7. The van der Waals surface area contributed by atoms with E-state index in [1.54, 1.807) is 13.8 Å². The largest absolute Gasteiger partial charge is 0.490 e. The number of benzene rings is 5. The van der Waals surface area contributed by atoms with Gasteiger partial charge in [-0.1, -0.05) is 92.0 Å². The molecule has 0 heterocycles. The Bertz CT molecular complexity index is 2140. The summed E-state index contributed by atoms with van der Waals surface area (Å²) in [5.74, 6) is 2.88. The number of hydrogen-bond donors (Lipinski definition) is 0. The molecule has 2 atom stereocenters. The summed E-state index contributed by atoms with van der Waals surface area (Å²) in [5.41, 5.74) is 2.28. The van der Waals surface area contributed by atoms with Crippen LogP contribution in [0.25, 0.3) is 10.8 Å². The van der Waals surface area contributed by atoms with E-state index in [1.165, 1.54) is 0 Å². The molecule has 1 aliphatic rings. The number of rotatable bonds is 18. The van der Waals surface area contributed by atoms with E-state index >= 15 is 0 Å². The molecule has 0 saturated heterocycles. The van der Waals surface area contributed by atoms with Crippen molar-refractivity contribution >= 4 is 22.7 Å². The van der Waals surface area contributed by atoms with Crippen LogP contribution < -0.4 is 23.7 Å². The topological polar surface area (TPSA) is 98.8 Å². The highest BCUT2D eigenvalue weighted by Crippen LogP contribution is 2.44. The number of allylic oxidation sites excluding steroid dienone is 2. The zero-order valence-electron chi connectivity index (χ0n) is 31.0. The Balaban J connectivity index is 1.33. The fourth-order valence-electron chi connectivity index (χ4n) is 5.89. The number of ether oxygens (including phenoxy) is 7. The molecule has 0 spiro atoms. The summed E-state index contributed by atoms with van der Waals surface area (Å²) in [5, 5.41) is 1.57. The minimum Gasteiger partial charge on any atom is -0.490 e. The van der Waals surface area contributed by atoms with Gasteiger partial charge in [0, 0.05) is 39.5 Å². The second kappa shape index (κ2) is 18.5. The molecule has 0 saturated carbocycles. The number of hydrogen-bond acceptors (Lipinski definition) is 9. The lowest BCUT2D eigenvalue weighted by Gasteiger charge is -2.27. The highest BCUT2D eigenvalue weighted by Gasteiger charge is 2.28. The average Bonchev–Trinajstić information content (AvgIpc) is 3.20. The zero-order valence-corrected chi connectivity index (χ0v) is 31.0. The molecule has 6 rings (SSSR count). The predicted molar refractivity (Wildman–Crippen MR) is 211 cm³/mol. The van der Waals surface area contributed by atoms with Gasteiger partial charge in [0.05, 0.1) is 0 Å². The first-order chi connectivity index (χ1) is 26.7. The van der Waals surface area contributed by atoms with E-state index < -0.39 is 24.1 Å². The number of carbonyl (C=O) groups excluding carboxylic acids is 2. The van der Waals surface area contributed by atoms with Crippen LogP contribution in [0.15, 0.2) is 151 Å². The molecule has 0 radical (unpaired) electrons. The molecule has 1 aliphatic carbocycles. The minimum atomic E-state index is -0.762. The van der Waals surface area contributed by atoms with Crippen molar-refractivity contribution in [3.63, 3.8) is 0 Å². The van der Waals surface area contributed by atoms with Gasteiger partial charge in [0.2, 0.25) is 0 Å². The summed E-state index contributed by atoms with van der Waals surface area (Å²) in [6.45, 7) is 10.8. The molecule has 0 bridgehead atoms. The molecule has 0 amide bonds. The second-order valence-electron chi connectivity index (χ2n) is 13.1. The SMILES string of the molecule is C=C(C)C(=O)OC(COc1ccccc1)COc1c2c(c(OCC(COc3ccccc3)OC(=O)C(=C)C)c3ccccc13)CC(Oc1ccccc1)=CC2. The van der Waals surface area contributed by atoms with Gasteiger partial charge < -0.3 is 33.2 Å². The lowest BCUT2D eigenvalue weighted by atomic mass is 9.89. The molecule has 2 unspecified atom stereocenters. The molecule has 5 aromatic carbocycles. The van der Waals surface area contributed by atoms with Crippen LogP contribution in [0.5, 0.6) is 28.7 Å². The average molecular weight is 741 g/mol. The lowest BCUT2D eigenvalue weighted by Crippen LogP contribution is -2.32. The van der Waals surface area contributed by atoms with Crippen LogP contribution in [-0.2, 0) is 31.9 Å². The van der Waals surface area contributed by atoms with Crippen LogP contribution in [0.2, 0.25) is 0 Å². The molecular formula is C46H44O9. The van der Waals surface area contributed by atoms with Gasteiger partial charge in [0.15, 0.2) is 12.2 Å². The molecule has 0 N–H and O–H groups in total. The van der Waals surface area contributed by atoms with Crippen LogP contribution >= 0.6 is 0 Å². The van der Waals surface area contributed by atoms with Gasteiger partial charge in [-0.25, -0.2) is 9.59 Å². The van der Waals surface area contributed by atoms with Crippen molar-refractivity contribution in [2.75, 3.05) is 26.4 Å². The number of para-hydroxylation sites is 3. The first-order valence-corrected chi connectivity index (χ1v) is 18.1. The molecule has 55 heavy (non-hydrogen) atoms. The molecule has 9 nitrogen and oxygen atoms in total. The minimum absolute atomic E-state index is 0.00314. The lowest BCUT2D eigenvalue weighted by molar-refractivity contribution is -0.148. The maximum absolute atomic E-state index is 12.7. The molecular weight excluding hydrogens is 696 g/mol. The van der Waals surface area contributed by atoms with Gasteiger partial charge in [-0.15, -0.1) is 0 Å². The molecule has 0 aromatic heterocycles. The van der Waals surface area contributed by atoms with Crippen molar-refractivity contribution in [3.05, 3.63) is 163 Å². The highest BCUT2D eigenvalue weighted by atomic mass is 16.6. The van der Waals surface area contributed by atoms with Gasteiger partial charge in [0.1, 0.15) is 60.9 Å². The fraction of sp³-hybridized carbons (Fsp3) is 0.217. The molecule has 282 valence electrons. The predicted octanol–water partition coefficient (Wildman–Crippen LogP) is 8.79. The smallest absolute Gasteiger partial charge is 0.333 e. The van der Waals surface area contributed by atoms with E-state index in [1.807, 2.05) is 121 Å². The Hall–Kier alpha value is -6.48. The van der Waals surface area contributed by atoms with Gasteiger partial charge in [-0.05, 0) is 62.7 Å². The van der Waals surface area contributed by atoms with Crippen LogP contribution in [0.1, 0.15) is 25.0 Å². The molecule has 0 aliphatic heterocycles. The Labute approximate surface area is 321 Å². The Morgan fingerprint density at radius 2 is 0.945 bits per heavy atom. The van der Waals surface area contributed by atoms with Crippen molar-refractivity contribution < 1.29 is 42.7 Å². The number of fused-ring (bicyclic) bond motifs is 2. The first-order valence-electron chi connectivity index (χ1n) is 18.1. The van der Waals surface area contributed by atoms with E-state index in [9.17, 15) is 9.59 Å². The summed E-state index contributed by atoms with van der Waals surface area (Å²) in [6.07, 6.45) is 1.38. The van der Waals surface area contributed by atoms with Crippen molar-refractivity contribution in [1.29, 1.82) is 0 Å². The third-order valence-electron chi connectivity index (χ3n) is 8.64. The van der Waals surface area contributed by atoms with Crippen molar-refractivity contribution in [2.24, 2.45) is 0 Å². The van der Waals surface area contributed by atoms with E-state index in [-0.39, 0.29) is 37.6 Å². The zero-order chi connectivity index (χ0) is 38.6. The maximum Gasteiger partial charge on any atom is 0.333 e. The van der Waals surface area contributed by atoms with E-state index in [0.717, 1.165) is 27.7 Å². The summed E-state index contributed by atoms with van der Waals surface area (Å²) in [7, 11) is 0. The number of carbonyl (C=O) groups is 2. The Morgan fingerprint density at radius 1 is 0.545 bits per heavy atom. The van der Waals surface area contributed by atoms with Crippen LogP contribution in [0.4, 0.5) is 0 Å². The van der Waals surface area contributed by atoms with Crippen molar-refractivity contribution in [2.45, 2.75) is 38.9 Å². The van der Waals surface area contributed by atoms with Crippen molar-refractivity contribution in [3.8, 4) is 28.7 Å². The summed E-state index contributed by atoms with van der Waals surface area (Å²) >= 11 is 0. The van der Waals surface area contributed by atoms with Crippen LogP contribution in [0, 0.1) is 0 Å². The van der Waals surface area contributed by atoms with E-state index in [2.05, 4.69) is 13.2 Å². The molecule has 0 fully saturated rings. The summed E-state index contributed by atoms with van der Waals surface area (Å²) < 4.78 is 43.2. The summed E-state index contributed by atoms with van der Waals surface area (Å²) in [6, 6.07) is 36.0. The summed E-state index contributed by atoms with van der Waals surface area (Å²) in [4.78, 5) is 25.4. The van der Waals surface area contributed by atoms with Gasteiger partial charge >= 0.3 is 11.9 Å². The number of esters is 2. The normalized spacial score (nSPS) is 12.9. The molecule has 5 aromatic rings. The van der Waals surface area contributed by atoms with Crippen LogP contribution in [0.3, 0.4) is 0 Å². The van der Waals surface area contributed by atoms with Gasteiger partial charge in [-0.2, -0.15) is 0 Å². The standard InChI is InChI=1S/C46H44O9/c1-31(2)45(47)54-37(27-49-33-16-8-5-9-17-33)29-51-43-39-22-14-15-23-40(39)44(42-26-36(24-25-41(42)43)53-35-20-12-7-13-21-35)52-30-38(55-46(48)32(3)4)28-50-34-18-10-6-11-19-34/h5-24,37-38H,1,3,25-30H2,2,4H3. The third kappa shape index (κ3) is 10.4. The quantitative estimate of drug-likeness (QED) is 0.0645. The highest BCUT2D eigenvalue weighted by molar-refractivity contribution is 5.96. The van der Waals surface area contributed by atoms with E-state index in [0.29, 0.717) is 41.6 Å². The van der Waals surface area contributed by atoms with Gasteiger partial charge in [0.25, 0.3) is 0 Å². The third-order valence-corrected chi connectivity index (χ3v) is 8.64. The Kier molecular flexibility index (Phi) is 12.9. The second-order valence-corrected chi connectivity index (χ2v) is 13.1. The van der Waals surface area contributed by atoms with Crippen LogP contribution in [-0.4, -0.2) is 50.6 Å². The molecule has 9 heteroatoms. The first kappa shape index (κ1) is 38.3.